The van der Waals surface area contributed by atoms with Gasteiger partial charge in [0.1, 0.15) is 34.5 Å². The highest BCUT2D eigenvalue weighted by Crippen LogP contribution is 2.45. The molecule has 266 valence electrons. The first-order chi connectivity index (χ1) is 26.2. The first-order valence-corrected chi connectivity index (χ1v) is 17.8. The number of benzene rings is 8. The van der Waals surface area contributed by atoms with Crippen molar-refractivity contribution in [2.45, 2.75) is 25.7 Å². The summed E-state index contributed by atoms with van der Waals surface area (Å²) in [4.78, 5) is 0. The quantitative estimate of drug-likeness (QED) is 0.0887. The van der Waals surface area contributed by atoms with Gasteiger partial charge in [-0.15, -0.1) is 0 Å². The molecule has 0 aliphatic carbocycles. The van der Waals surface area contributed by atoms with Gasteiger partial charge < -0.3 is 30.6 Å². The molecule has 0 heterocycles. The molecule has 0 saturated carbocycles. The Morgan fingerprint density at radius 3 is 1.30 bits per heavy atom. The number of rotatable bonds is 9. The maximum Gasteiger partial charge on any atom is 0.127 e. The van der Waals surface area contributed by atoms with E-state index in [0.29, 0.717) is 25.7 Å². The van der Waals surface area contributed by atoms with Gasteiger partial charge in [-0.1, -0.05) is 84.9 Å². The smallest absolute Gasteiger partial charge is 0.127 e. The van der Waals surface area contributed by atoms with Crippen molar-refractivity contribution in [3.63, 3.8) is 0 Å². The maximum atomic E-state index is 12.1. The predicted molar refractivity (Wildman–Crippen MR) is 214 cm³/mol. The van der Waals surface area contributed by atoms with E-state index in [4.69, 9.17) is 0 Å². The van der Waals surface area contributed by atoms with Crippen LogP contribution in [0.5, 0.6) is 34.5 Å². The Bertz CT molecular complexity index is 2630. The molecule has 0 bridgehead atoms. The molecule has 8 aromatic rings. The van der Waals surface area contributed by atoms with E-state index in [0.717, 1.165) is 77.2 Å². The summed E-state index contributed by atoms with van der Waals surface area (Å²) < 4.78 is 0. The molecule has 0 spiro atoms. The molecule has 6 N–H and O–H groups in total. The lowest BCUT2D eigenvalue weighted by Gasteiger charge is -2.22. The van der Waals surface area contributed by atoms with Gasteiger partial charge in [-0.3, -0.25) is 0 Å². The largest absolute Gasteiger partial charge is 0.508 e. The zero-order valence-corrected chi connectivity index (χ0v) is 29.4. The average molecular weight is 711 g/mol. The molecule has 8 aromatic carbocycles. The summed E-state index contributed by atoms with van der Waals surface area (Å²) in [5.41, 5.74) is 8.83. The topological polar surface area (TPSA) is 121 Å². The highest BCUT2D eigenvalue weighted by atomic mass is 16.3. The summed E-state index contributed by atoms with van der Waals surface area (Å²) in [7, 11) is 0. The van der Waals surface area contributed by atoms with Gasteiger partial charge in [-0.25, -0.2) is 0 Å². The third kappa shape index (κ3) is 6.85. The lowest BCUT2D eigenvalue weighted by molar-refractivity contribution is 0.464. The zero-order valence-electron chi connectivity index (χ0n) is 29.4. The second-order valence-electron chi connectivity index (χ2n) is 13.9. The molecule has 54 heavy (non-hydrogen) atoms. The van der Waals surface area contributed by atoms with Gasteiger partial charge in [-0.05, 0) is 128 Å². The van der Waals surface area contributed by atoms with Crippen LogP contribution in [0.1, 0.15) is 44.5 Å². The number of hydrogen-bond acceptors (Lipinski definition) is 6. The third-order valence-corrected chi connectivity index (χ3v) is 10.3. The van der Waals surface area contributed by atoms with Gasteiger partial charge in [0.2, 0.25) is 0 Å². The second-order valence-corrected chi connectivity index (χ2v) is 13.9. The van der Waals surface area contributed by atoms with Crippen LogP contribution in [0, 0.1) is 0 Å². The van der Waals surface area contributed by atoms with Gasteiger partial charge >= 0.3 is 0 Å². The van der Waals surface area contributed by atoms with Gasteiger partial charge in [0.25, 0.3) is 0 Å². The lowest BCUT2D eigenvalue weighted by Crippen LogP contribution is -2.02. The SMILES string of the molecule is Oc1ccc(Cc2cc3cc(-c4c(Cc5ccc(O)cc5)c(O)c5ccccc5c4Cc4ccc(O)cc4)ccc3c(Cc3ccc(O)cc3)c2O)cc1. The molecular formula is C48H38O6. The van der Waals surface area contributed by atoms with Crippen molar-refractivity contribution in [3.8, 4) is 45.6 Å². The predicted octanol–water partition coefficient (Wildman–Crippen LogP) is 10.3. The Kier molecular flexibility index (Phi) is 9.02. The Hall–Kier alpha value is -6.92. The lowest BCUT2D eigenvalue weighted by atomic mass is 9.83. The summed E-state index contributed by atoms with van der Waals surface area (Å²) in [6.45, 7) is 0. The van der Waals surface area contributed by atoms with Crippen LogP contribution in [0.2, 0.25) is 0 Å². The monoisotopic (exact) mass is 710 g/mol. The van der Waals surface area contributed by atoms with Crippen LogP contribution in [0.15, 0.2) is 146 Å². The van der Waals surface area contributed by atoms with Crippen LogP contribution in [-0.2, 0) is 25.7 Å². The molecule has 8 rings (SSSR count). The van der Waals surface area contributed by atoms with Crippen LogP contribution in [0.4, 0.5) is 0 Å². The Labute approximate surface area is 312 Å². The number of phenolic OH excluding ortho intramolecular Hbond substituents is 6. The van der Waals surface area contributed by atoms with E-state index in [-0.39, 0.29) is 34.5 Å². The van der Waals surface area contributed by atoms with Crippen LogP contribution < -0.4 is 0 Å². The first-order valence-electron chi connectivity index (χ1n) is 17.8. The van der Waals surface area contributed by atoms with Crippen molar-refractivity contribution in [2.75, 3.05) is 0 Å². The summed E-state index contributed by atoms with van der Waals surface area (Å²) in [5, 5.41) is 67.4. The highest BCUT2D eigenvalue weighted by Gasteiger charge is 2.23. The molecule has 0 saturated heterocycles. The number of phenols is 6. The van der Waals surface area contributed by atoms with E-state index in [1.165, 1.54) is 0 Å². The molecule has 0 unspecified atom stereocenters. The van der Waals surface area contributed by atoms with Crippen LogP contribution in [-0.4, -0.2) is 30.6 Å². The van der Waals surface area contributed by atoms with E-state index < -0.39 is 0 Å². The van der Waals surface area contributed by atoms with Crippen LogP contribution >= 0.6 is 0 Å². The molecule has 0 aliphatic rings. The van der Waals surface area contributed by atoms with E-state index in [2.05, 4.69) is 6.07 Å². The molecule has 0 fully saturated rings. The molecule has 6 heteroatoms. The minimum absolute atomic E-state index is 0.165. The third-order valence-electron chi connectivity index (χ3n) is 10.3. The van der Waals surface area contributed by atoms with Crippen molar-refractivity contribution < 1.29 is 30.6 Å². The molecule has 0 atom stereocenters. The van der Waals surface area contributed by atoms with Crippen molar-refractivity contribution in [3.05, 3.63) is 190 Å². The second kappa shape index (κ2) is 14.2. The van der Waals surface area contributed by atoms with Crippen molar-refractivity contribution in [1.82, 2.24) is 0 Å². The minimum Gasteiger partial charge on any atom is -0.508 e. The Morgan fingerprint density at radius 2 is 0.778 bits per heavy atom. The van der Waals surface area contributed by atoms with Crippen LogP contribution in [0.3, 0.4) is 0 Å². The molecule has 0 amide bonds. The number of aromatic hydroxyl groups is 6. The normalized spacial score (nSPS) is 11.3. The molecular weight excluding hydrogens is 673 g/mol. The molecule has 0 aliphatic heterocycles. The van der Waals surface area contributed by atoms with Gasteiger partial charge in [0.05, 0.1) is 0 Å². The zero-order chi connectivity index (χ0) is 37.3. The fourth-order valence-corrected chi connectivity index (χ4v) is 7.55. The summed E-state index contributed by atoms with van der Waals surface area (Å²) in [5.74, 6) is 1.08. The summed E-state index contributed by atoms with van der Waals surface area (Å²) in [6, 6.07) is 44.3. The van der Waals surface area contributed by atoms with E-state index in [1.807, 2.05) is 91.0 Å². The van der Waals surface area contributed by atoms with E-state index in [1.54, 1.807) is 48.5 Å². The number of hydrogen-bond donors (Lipinski definition) is 6. The van der Waals surface area contributed by atoms with Gasteiger partial charge in [0.15, 0.2) is 0 Å². The minimum atomic E-state index is 0.165. The summed E-state index contributed by atoms with van der Waals surface area (Å²) in [6.07, 6.45) is 1.80. The van der Waals surface area contributed by atoms with Crippen molar-refractivity contribution in [1.29, 1.82) is 0 Å². The molecule has 0 aromatic heterocycles. The molecule has 0 radical (unpaired) electrons. The Morgan fingerprint density at radius 1 is 0.333 bits per heavy atom. The van der Waals surface area contributed by atoms with Crippen molar-refractivity contribution in [2.24, 2.45) is 0 Å². The Balaban J connectivity index is 1.37. The maximum absolute atomic E-state index is 12.1. The standard InChI is InChI=1S/C48H38O6/c49-36-14-5-29(6-15-36)23-35-28-34-27-33(13-22-40(34)44(47(35)53)25-31-9-18-38(51)19-10-31)46-43(24-30-7-16-37(50)17-8-30)41-3-1-2-4-42(41)48(54)45(46)26-32-11-20-39(52)21-12-32/h1-22,27-28,49-54H,23-26H2. The summed E-state index contributed by atoms with van der Waals surface area (Å²) >= 11 is 0. The van der Waals surface area contributed by atoms with E-state index in [9.17, 15) is 30.6 Å². The highest BCUT2D eigenvalue weighted by molar-refractivity contribution is 6.01. The number of fused-ring (bicyclic) bond motifs is 2. The van der Waals surface area contributed by atoms with Gasteiger partial charge in [0, 0.05) is 35.8 Å². The fraction of sp³-hybridized carbons (Fsp3) is 0.0833. The van der Waals surface area contributed by atoms with E-state index >= 15 is 0 Å². The molecule has 6 nitrogen and oxygen atoms in total. The average Bonchev–Trinajstić information content (AvgIpc) is 3.18. The van der Waals surface area contributed by atoms with Crippen molar-refractivity contribution >= 4 is 21.5 Å². The van der Waals surface area contributed by atoms with Gasteiger partial charge in [-0.2, -0.15) is 0 Å². The fourth-order valence-electron chi connectivity index (χ4n) is 7.55. The first kappa shape index (κ1) is 34.2. The van der Waals surface area contributed by atoms with Crippen LogP contribution in [0.25, 0.3) is 32.7 Å².